The van der Waals surface area contributed by atoms with E-state index in [9.17, 15) is 34.2 Å². The molecule has 0 aromatic heterocycles. The normalized spacial score (nSPS) is 15.1. The van der Waals surface area contributed by atoms with E-state index in [1.807, 2.05) is 0 Å². The largest absolute Gasteiger partial charge is 0.481 e. The first-order valence-corrected chi connectivity index (χ1v) is 11.2. The summed E-state index contributed by atoms with van der Waals surface area (Å²) in [6.07, 6.45) is -0.159. The Bertz CT molecular complexity index is 761. The molecule has 0 heterocycles. The van der Waals surface area contributed by atoms with Crippen molar-refractivity contribution in [3.63, 3.8) is 0 Å². The third kappa shape index (κ3) is 11.7. The average Bonchev–Trinajstić information content (AvgIpc) is 2.76. The van der Waals surface area contributed by atoms with E-state index >= 15 is 0 Å². The maximum absolute atomic E-state index is 12.9. The first-order valence-electron chi connectivity index (χ1n) is 10.6. The van der Waals surface area contributed by atoms with Gasteiger partial charge < -0.3 is 43.4 Å². The molecule has 194 valence electrons. The van der Waals surface area contributed by atoms with Gasteiger partial charge in [-0.3, -0.25) is 24.2 Å². The van der Waals surface area contributed by atoms with Crippen molar-refractivity contribution in [2.75, 3.05) is 12.3 Å². The number of hydrogen-bond acceptors (Lipinski definition) is 8. The quantitative estimate of drug-likeness (QED) is 0.0456. The van der Waals surface area contributed by atoms with Gasteiger partial charge in [-0.25, -0.2) is 4.79 Å². The smallest absolute Gasteiger partial charge is 0.326 e. The van der Waals surface area contributed by atoms with Crippen LogP contribution in [0.3, 0.4) is 0 Å². The molecule has 0 rings (SSSR count). The van der Waals surface area contributed by atoms with Gasteiger partial charge in [0.15, 0.2) is 5.96 Å². The van der Waals surface area contributed by atoms with Gasteiger partial charge in [0.1, 0.15) is 18.1 Å². The molecule has 0 radical (unpaired) electrons. The number of rotatable bonds is 16. The molecule has 5 atom stereocenters. The highest BCUT2D eigenvalue weighted by molar-refractivity contribution is 7.80. The van der Waals surface area contributed by atoms with Crippen LogP contribution in [0.4, 0.5) is 0 Å². The lowest BCUT2D eigenvalue weighted by Gasteiger charge is -2.27. The number of carbonyl (C=O) groups is 5. The number of nitrogens with two attached hydrogens (primary N) is 3. The molecule has 0 aromatic rings. The Kier molecular flexibility index (Phi) is 14.3. The van der Waals surface area contributed by atoms with Gasteiger partial charge in [0.05, 0.1) is 12.5 Å². The van der Waals surface area contributed by atoms with Gasteiger partial charge in [0.2, 0.25) is 17.7 Å². The van der Waals surface area contributed by atoms with E-state index < -0.39 is 60.2 Å². The van der Waals surface area contributed by atoms with E-state index in [2.05, 4.69) is 33.6 Å². The van der Waals surface area contributed by atoms with Crippen molar-refractivity contribution in [2.24, 2.45) is 28.1 Å². The summed E-state index contributed by atoms with van der Waals surface area (Å²) >= 11 is 3.94. The monoisotopic (exact) mass is 505 g/mol. The molecule has 14 nitrogen and oxygen atoms in total. The van der Waals surface area contributed by atoms with Crippen LogP contribution in [0.1, 0.15) is 39.5 Å². The van der Waals surface area contributed by atoms with Crippen LogP contribution in [0.25, 0.3) is 0 Å². The molecule has 0 aliphatic rings. The van der Waals surface area contributed by atoms with Crippen LogP contribution in [0.15, 0.2) is 4.99 Å². The van der Waals surface area contributed by atoms with E-state index in [-0.39, 0.29) is 37.0 Å². The number of nitrogens with one attached hydrogen (secondary N) is 3. The third-order valence-electron chi connectivity index (χ3n) is 4.90. The molecular formula is C19H35N7O7S. The van der Waals surface area contributed by atoms with Gasteiger partial charge in [-0.1, -0.05) is 20.3 Å². The number of aliphatic carboxylic acids is 2. The third-order valence-corrected chi connectivity index (χ3v) is 5.29. The second-order valence-electron chi connectivity index (χ2n) is 7.67. The van der Waals surface area contributed by atoms with Crippen molar-refractivity contribution < 1.29 is 34.2 Å². The Balaban J connectivity index is 5.48. The number of carbonyl (C=O) groups excluding carboxylic acids is 3. The first-order chi connectivity index (χ1) is 15.8. The van der Waals surface area contributed by atoms with Crippen LogP contribution < -0.4 is 33.2 Å². The van der Waals surface area contributed by atoms with E-state index in [1.54, 1.807) is 13.8 Å². The summed E-state index contributed by atoms with van der Waals surface area (Å²) in [5.41, 5.74) is 16.0. The predicted octanol–water partition coefficient (Wildman–Crippen LogP) is -2.64. The summed E-state index contributed by atoms with van der Waals surface area (Å²) in [7, 11) is 0. The highest BCUT2D eigenvalue weighted by atomic mass is 32.1. The molecular weight excluding hydrogens is 470 g/mol. The molecule has 0 saturated carbocycles. The molecule has 11 N–H and O–H groups in total. The fourth-order valence-electron chi connectivity index (χ4n) is 2.72. The lowest BCUT2D eigenvalue weighted by molar-refractivity contribution is -0.144. The minimum absolute atomic E-state index is 0.0322. The van der Waals surface area contributed by atoms with Crippen LogP contribution in [-0.4, -0.2) is 82.3 Å². The first kappa shape index (κ1) is 30.9. The fraction of sp³-hybridized carbons (Fsp3) is 0.684. The van der Waals surface area contributed by atoms with Gasteiger partial charge >= 0.3 is 11.9 Å². The second-order valence-corrected chi connectivity index (χ2v) is 8.03. The molecule has 3 amide bonds. The highest BCUT2D eigenvalue weighted by Crippen LogP contribution is 2.10. The minimum Gasteiger partial charge on any atom is -0.481 e. The van der Waals surface area contributed by atoms with Crippen molar-refractivity contribution in [3.8, 4) is 0 Å². The van der Waals surface area contributed by atoms with Crippen molar-refractivity contribution in [2.45, 2.75) is 63.7 Å². The Hall–Kier alpha value is -3.07. The molecule has 0 spiro atoms. The van der Waals surface area contributed by atoms with Gasteiger partial charge in [0, 0.05) is 12.3 Å². The molecule has 5 unspecified atom stereocenters. The van der Waals surface area contributed by atoms with Gasteiger partial charge in [-0.15, -0.1) is 0 Å². The standard InChI is InChI=1S/C19H35N7O7S/c1-3-9(2)14(26-15(29)10(20)8-34)17(31)25-12(7-13(27)28)16(30)24-11(18(32)33)5-4-6-23-19(21)22/h9-12,14,34H,3-8,20H2,1-2H3,(H,24,30)(H,25,31)(H,26,29)(H,27,28)(H,32,33)(H4,21,22,23). The Morgan fingerprint density at radius 2 is 1.56 bits per heavy atom. The van der Waals surface area contributed by atoms with E-state index in [4.69, 9.17) is 17.2 Å². The average molecular weight is 506 g/mol. The zero-order chi connectivity index (χ0) is 26.4. The van der Waals surface area contributed by atoms with Gasteiger partial charge in [0.25, 0.3) is 0 Å². The molecule has 15 heteroatoms. The number of hydrogen-bond donors (Lipinski definition) is 9. The van der Waals surface area contributed by atoms with Crippen molar-refractivity contribution in [1.82, 2.24) is 16.0 Å². The molecule has 0 bridgehead atoms. The van der Waals surface area contributed by atoms with Crippen LogP contribution in [0.5, 0.6) is 0 Å². The lowest BCUT2D eigenvalue weighted by Crippen LogP contribution is -2.59. The number of amides is 3. The number of guanidine groups is 1. The number of aliphatic imine (C=N–C) groups is 1. The van der Waals surface area contributed by atoms with Gasteiger partial charge in [-0.2, -0.15) is 12.6 Å². The fourth-order valence-corrected chi connectivity index (χ4v) is 2.89. The molecule has 0 saturated heterocycles. The number of thiol groups is 1. The second kappa shape index (κ2) is 15.7. The van der Waals surface area contributed by atoms with E-state index in [0.717, 1.165) is 0 Å². The van der Waals surface area contributed by atoms with Crippen LogP contribution in [0, 0.1) is 5.92 Å². The summed E-state index contributed by atoms with van der Waals surface area (Å²) in [5.74, 6) is -5.73. The maximum atomic E-state index is 12.9. The summed E-state index contributed by atoms with van der Waals surface area (Å²) in [4.78, 5) is 64.2. The number of nitrogens with zero attached hydrogens (tertiary/aromatic N) is 1. The highest BCUT2D eigenvalue weighted by Gasteiger charge is 2.33. The molecule has 0 aliphatic carbocycles. The van der Waals surface area contributed by atoms with Crippen molar-refractivity contribution >= 4 is 48.2 Å². The Labute approximate surface area is 202 Å². The maximum Gasteiger partial charge on any atom is 0.326 e. The Morgan fingerprint density at radius 3 is 2.03 bits per heavy atom. The van der Waals surface area contributed by atoms with Crippen LogP contribution in [0.2, 0.25) is 0 Å². The van der Waals surface area contributed by atoms with Crippen molar-refractivity contribution in [1.29, 1.82) is 0 Å². The summed E-state index contributed by atoms with van der Waals surface area (Å²) < 4.78 is 0. The molecule has 0 aliphatic heterocycles. The van der Waals surface area contributed by atoms with Crippen LogP contribution in [-0.2, 0) is 24.0 Å². The van der Waals surface area contributed by atoms with Gasteiger partial charge in [-0.05, 0) is 18.8 Å². The number of carboxylic acids is 2. The summed E-state index contributed by atoms with van der Waals surface area (Å²) in [5, 5.41) is 25.6. The zero-order valence-electron chi connectivity index (χ0n) is 19.2. The molecule has 0 aromatic carbocycles. The lowest BCUT2D eigenvalue weighted by atomic mass is 9.97. The molecule has 34 heavy (non-hydrogen) atoms. The predicted molar refractivity (Wildman–Crippen MR) is 127 cm³/mol. The topological polar surface area (TPSA) is 252 Å². The summed E-state index contributed by atoms with van der Waals surface area (Å²) in [6.45, 7) is 3.58. The van der Waals surface area contributed by atoms with Crippen LogP contribution >= 0.6 is 12.6 Å². The van der Waals surface area contributed by atoms with E-state index in [0.29, 0.717) is 6.42 Å². The number of carboxylic acid groups (broad SMARTS) is 2. The van der Waals surface area contributed by atoms with E-state index in [1.165, 1.54) is 0 Å². The molecule has 0 fully saturated rings. The summed E-state index contributed by atoms with van der Waals surface area (Å²) in [6, 6.07) is -5.04. The minimum atomic E-state index is -1.59. The Morgan fingerprint density at radius 1 is 0.971 bits per heavy atom. The SMILES string of the molecule is CCC(C)C(NC(=O)C(N)CS)C(=O)NC(CC(=O)O)C(=O)NC(CCCN=C(N)N)C(=O)O. The zero-order valence-corrected chi connectivity index (χ0v) is 20.1. The van der Waals surface area contributed by atoms with Crippen molar-refractivity contribution in [3.05, 3.63) is 0 Å².